The Morgan fingerprint density at radius 2 is 2.07 bits per heavy atom. The first kappa shape index (κ1) is 19.0. The van der Waals surface area contributed by atoms with Gasteiger partial charge >= 0.3 is 0 Å². The maximum Gasteiger partial charge on any atom is 0.273 e. The first-order chi connectivity index (χ1) is 13.4. The number of imidazole rings is 1. The Balaban J connectivity index is 1.73. The summed E-state index contributed by atoms with van der Waals surface area (Å²) in [5.74, 6) is -0.0681. The molecule has 144 valence electrons. The Morgan fingerprint density at radius 3 is 2.71 bits per heavy atom. The van der Waals surface area contributed by atoms with E-state index in [4.69, 9.17) is 4.74 Å². The molecule has 0 aliphatic rings. The Bertz CT molecular complexity index is 988. The normalized spacial score (nSPS) is 11.6. The molecule has 0 spiro atoms. The van der Waals surface area contributed by atoms with Crippen molar-refractivity contribution in [3.8, 4) is 5.75 Å². The molecule has 0 saturated carbocycles. The summed E-state index contributed by atoms with van der Waals surface area (Å²) in [6, 6.07) is 10.7. The average Bonchev–Trinajstić information content (AvgIpc) is 3.11. The lowest BCUT2D eigenvalue weighted by atomic mass is 10.1. The van der Waals surface area contributed by atoms with Crippen molar-refractivity contribution in [2.45, 2.75) is 6.04 Å². The van der Waals surface area contributed by atoms with Gasteiger partial charge in [-0.3, -0.25) is 14.9 Å². The molecule has 8 nitrogen and oxygen atoms in total. The number of non-ortho nitro benzene ring substituents is 1. The second-order valence-corrected chi connectivity index (χ2v) is 5.99. The molecule has 0 aliphatic heterocycles. The maximum atomic E-state index is 13.3. The van der Waals surface area contributed by atoms with Gasteiger partial charge in [0.2, 0.25) is 0 Å². The number of nitrogens with one attached hydrogen (secondary N) is 1. The summed E-state index contributed by atoms with van der Waals surface area (Å²) in [4.78, 5) is 26.9. The van der Waals surface area contributed by atoms with Crippen molar-refractivity contribution in [2.75, 3.05) is 6.61 Å². The zero-order valence-electron chi connectivity index (χ0n) is 14.9. The Morgan fingerprint density at radius 1 is 1.32 bits per heavy atom. The van der Waals surface area contributed by atoms with E-state index >= 15 is 0 Å². The Hall–Kier alpha value is -3.75. The van der Waals surface area contributed by atoms with Gasteiger partial charge in [0.25, 0.3) is 11.6 Å². The molecule has 0 aliphatic carbocycles. The molecule has 28 heavy (non-hydrogen) atoms. The van der Waals surface area contributed by atoms with Gasteiger partial charge < -0.3 is 14.6 Å². The lowest BCUT2D eigenvalue weighted by Crippen LogP contribution is -2.34. The number of hydrogen-bond acceptors (Lipinski definition) is 5. The van der Waals surface area contributed by atoms with Crippen LogP contribution in [0.3, 0.4) is 0 Å². The predicted octanol–water partition coefficient (Wildman–Crippen LogP) is 2.75. The molecule has 0 saturated heterocycles. The number of aromatic nitrogens is 2. The zero-order chi connectivity index (χ0) is 20.1. The van der Waals surface area contributed by atoms with Crippen LogP contribution in [-0.4, -0.2) is 27.0 Å². The van der Waals surface area contributed by atoms with E-state index in [9.17, 15) is 19.3 Å². The van der Waals surface area contributed by atoms with E-state index in [0.717, 1.165) is 0 Å². The maximum absolute atomic E-state index is 13.3. The van der Waals surface area contributed by atoms with Crippen LogP contribution in [0.15, 0.2) is 60.9 Å². The molecule has 0 bridgehead atoms. The Kier molecular flexibility index (Phi) is 5.64. The van der Waals surface area contributed by atoms with Crippen molar-refractivity contribution >= 4 is 11.6 Å². The van der Waals surface area contributed by atoms with Gasteiger partial charge in [-0.15, -0.1) is 0 Å². The van der Waals surface area contributed by atoms with E-state index in [-0.39, 0.29) is 23.9 Å². The van der Waals surface area contributed by atoms with Gasteiger partial charge in [-0.05, 0) is 23.8 Å². The molecule has 3 rings (SSSR count). The quantitative estimate of drug-likeness (QED) is 0.499. The van der Waals surface area contributed by atoms with Crippen LogP contribution in [0.5, 0.6) is 5.75 Å². The summed E-state index contributed by atoms with van der Waals surface area (Å²) < 4.78 is 20.4. The van der Waals surface area contributed by atoms with Crippen molar-refractivity contribution in [1.82, 2.24) is 14.9 Å². The number of hydrogen-bond donors (Lipinski definition) is 1. The predicted molar refractivity (Wildman–Crippen MR) is 98.2 cm³/mol. The lowest BCUT2D eigenvalue weighted by Gasteiger charge is -2.19. The number of halogens is 1. The fraction of sp³-hybridized carbons (Fsp3) is 0.158. The second kappa shape index (κ2) is 8.30. The highest BCUT2D eigenvalue weighted by atomic mass is 19.1. The van der Waals surface area contributed by atoms with Crippen molar-refractivity contribution in [1.29, 1.82) is 0 Å². The van der Waals surface area contributed by atoms with Crippen LogP contribution < -0.4 is 10.1 Å². The van der Waals surface area contributed by atoms with Gasteiger partial charge in [0.1, 0.15) is 23.4 Å². The molecular formula is C19H17FN4O4. The van der Waals surface area contributed by atoms with Crippen molar-refractivity contribution < 1.29 is 18.8 Å². The van der Waals surface area contributed by atoms with E-state index in [1.807, 2.05) is 0 Å². The summed E-state index contributed by atoms with van der Waals surface area (Å²) in [7, 11) is 1.78. The third-order valence-electron chi connectivity index (χ3n) is 4.02. The highest BCUT2D eigenvalue weighted by molar-refractivity contribution is 5.78. The second-order valence-electron chi connectivity index (χ2n) is 5.99. The average molecular weight is 384 g/mol. The molecule has 1 N–H and O–H groups in total. The molecule has 0 fully saturated rings. The topological polar surface area (TPSA) is 99.3 Å². The van der Waals surface area contributed by atoms with Crippen LogP contribution in [0.25, 0.3) is 0 Å². The molecule has 1 unspecified atom stereocenters. The number of aryl methyl sites for hydroxylation is 1. The first-order valence-electron chi connectivity index (χ1n) is 8.33. The van der Waals surface area contributed by atoms with E-state index < -0.39 is 16.9 Å². The summed E-state index contributed by atoms with van der Waals surface area (Å²) in [6.45, 7) is -0.344. The number of benzene rings is 2. The van der Waals surface area contributed by atoms with Crippen LogP contribution >= 0.6 is 0 Å². The molecule has 9 heteroatoms. The standard InChI is InChI=1S/C19H17FN4O4/c1-23-10-9-21-19(23)18(13-5-7-14(20)8-6-13)22-17(25)12-28-16-4-2-3-15(11-16)24(26)27/h2-11,18H,12H2,1H3,(H,22,25). The summed E-state index contributed by atoms with van der Waals surface area (Å²) in [5, 5.41) is 13.6. The van der Waals surface area contributed by atoms with Crippen LogP contribution in [0.2, 0.25) is 0 Å². The smallest absolute Gasteiger partial charge is 0.273 e. The largest absolute Gasteiger partial charge is 0.484 e. The van der Waals surface area contributed by atoms with Gasteiger partial charge in [0.05, 0.1) is 11.0 Å². The molecule has 2 aromatic carbocycles. The number of nitro benzene ring substituents is 1. The zero-order valence-corrected chi connectivity index (χ0v) is 14.9. The lowest BCUT2D eigenvalue weighted by molar-refractivity contribution is -0.384. The minimum Gasteiger partial charge on any atom is -0.484 e. The minimum absolute atomic E-state index is 0.130. The highest BCUT2D eigenvalue weighted by Gasteiger charge is 2.21. The number of nitro groups is 1. The van der Waals surface area contributed by atoms with Gasteiger partial charge in [-0.2, -0.15) is 0 Å². The molecular weight excluding hydrogens is 367 g/mol. The molecule has 0 radical (unpaired) electrons. The Labute approximate surface area is 159 Å². The molecule has 3 aromatic rings. The fourth-order valence-electron chi connectivity index (χ4n) is 2.65. The van der Waals surface area contributed by atoms with E-state index in [1.165, 1.54) is 36.4 Å². The van der Waals surface area contributed by atoms with E-state index in [1.54, 1.807) is 36.1 Å². The number of ether oxygens (including phenoxy) is 1. The molecule has 1 aromatic heterocycles. The first-order valence-corrected chi connectivity index (χ1v) is 8.33. The minimum atomic E-state index is -0.609. The number of amides is 1. The highest BCUT2D eigenvalue weighted by Crippen LogP contribution is 2.22. The monoisotopic (exact) mass is 384 g/mol. The van der Waals surface area contributed by atoms with E-state index in [0.29, 0.717) is 11.4 Å². The number of carbonyl (C=O) groups is 1. The number of carbonyl (C=O) groups excluding carboxylic acids is 1. The van der Waals surface area contributed by atoms with Gasteiger partial charge in [-0.1, -0.05) is 18.2 Å². The molecule has 1 amide bonds. The SMILES string of the molecule is Cn1ccnc1C(NC(=O)COc1cccc([N+](=O)[O-])c1)c1ccc(F)cc1. The third-order valence-corrected chi connectivity index (χ3v) is 4.02. The summed E-state index contributed by atoms with van der Waals surface area (Å²) in [5.41, 5.74) is 0.523. The van der Waals surface area contributed by atoms with Crippen molar-refractivity contribution in [3.05, 3.63) is 88.2 Å². The van der Waals surface area contributed by atoms with Gasteiger partial charge in [0.15, 0.2) is 6.61 Å². The third kappa shape index (κ3) is 4.50. The fourth-order valence-corrected chi connectivity index (χ4v) is 2.65. The van der Waals surface area contributed by atoms with Gasteiger partial charge in [0, 0.05) is 25.5 Å². The van der Waals surface area contributed by atoms with Gasteiger partial charge in [-0.25, -0.2) is 9.37 Å². The van der Waals surface area contributed by atoms with Crippen LogP contribution in [-0.2, 0) is 11.8 Å². The molecule has 1 heterocycles. The number of rotatable bonds is 7. The van der Waals surface area contributed by atoms with Crippen LogP contribution in [0.1, 0.15) is 17.4 Å². The molecule has 1 atom stereocenters. The van der Waals surface area contributed by atoms with Crippen LogP contribution in [0, 0.1) is 15.9 Å². The van der Waals surface area contributed by atoms with Crippen LogP contribution in [0.4, 0.5) is 10.1 Å². The van der Waals surface area contributed by atoms with E-state index in [2.05, 4.69) is 10.3 Å². The van der Waals surface area contributed by atoms with Crippen molar-refractivity contribution in [2.24, 2.45) is 7.05 Å². The number of nitrogens with zero attached hydrogens (tertiary/aromatic N) is 3. The summed E-state index contributed by atoms with van der Waals surface area (Å²) in [6.07, 6.45) is 3.33. The summed E-state index contributed by atoms with van der Waals surface area (Å²) >= 11 is 0. The van der Waals surface area contributed by atoms with Crippen molar-refractivity contribution in [3.63, 3.8) is 0 Å².